The van der Waals surface area contributed by atoms with Crippen LogP contribution in [0.4, 0.5) is 0 Å². The SMILES string of the molecule is CS(=O)(=O)CCSC(CO)C(N)C1CC1. The molecule has 1 saturated carbocycles. The number of thioether (sulfide) groups is 1. The van der Waals surface area contributed by atoms with Crippen LogP contribution in [0.25, 0.3) is 0 Å². The maximum atomic E-state index is 10.9. The standard InChI is InChI=1S/C9H19NO3S2/c1-15(12,13)5-4-14-8(6-11)9(10)7-2-3-7/h7-9,11H,2-6,10H2,1H3. The Morgan fingerprint density at radius 3 is 2.53 bits per heavy atom. The van der Waals surface area contributed by atoms with E-state index in [1.165, 1.54) is 18.0 Å². The predicted octanol–water partition coefficient (Wildman–Crippen LogP) is -0.138. The molecule has 0 aliphatic heterocycles. The summed E-state index contributed by atoms with van der Waals surface area (Å²) in [6.45, 7) is 0.0338. The van der Waals surface area contributed by atoms with Gasteiger partial charge in [0.05, 0.1) is 12.4 Å². The lowest BCUT2D eigenvalue weighted by atomic mass is 10.1. The molecular weight excluding hydrogens is 234 g/mol. The molecule has 0 aromatic carbocycles. The molecule has 1 rings (SSSR count). The van der Waals surface area contributed by atoms with Gasteiger partial charge >= 0.3 is 0 Å². The molecular formula is C9H19NO3S2. The second-order valence-electron chi connectivity index (χ2n) is 4.14. The van der Waals surface area contributed by atoms with Gasteiger partial charge in [-0.15, -0.1) is 0 Å². The molecule has 1 aliphatic rings. The summed E-state index contributed by atoms with van der Waals surface area (Å²) in [5, 5.41) is 9.14. The molecule has 0 heterocycles. The van der Waals surface area contributed by atoms with Crippen molar-refractivity contribution in [2.75, 3.05) is 24.4 Å². The molecule has 0 spiro atoms. The number of sulfone groups is 1. The zero-order chi connectivity index (χ0) is 11.5. The number of hydrogen-bond acceptors (Lipinski definition) is 5. The fraction of sp³-hybridized carbons (Fsp3) is 1.00. The number of hydrogen-bond donors (Lipinski definition) is 2. The molecule has 3 N–H and O–H groups in total. The zero-order valence-corrected chi connectivity index (χ0v) is 10.6. The summed E-state index contributed by atoms with van der Waals surface area (Å²) in [7, 11) is -2.90. The first-order chi connectivity index (χ1) is 6.94. The van der Waals surface area contributed by atoms with Crippen LogP contribution in [0.15, 0.2) is 0 Å². The zero-order valence-electron chi connectivity index (χ0n) is 8.93. The van der Waals surface area contributed by atoms with Crippen molar-refractivity contribution in [2.24, 2.45) is 11.7 Å². The summed E-state index contributed by atoms with van der Waals surface area (Å²) >= 11 is 1.47. The number of nitrogens with two attached hydrogens (primary N) is 1. The van der Waals surface area contributed by atoms with Crippen LogP contribution >= 0.6 is 11.8 Å². The van der Waals surface area contributed by atoms with E-state index < -0.39 is 9.84 Å². The van der Waals surface area contributed by atoms with Crippen molar-refractivity contribution in [3.63, 3.8) is 0 Å². The maximum absolute atomic E-state index is 10.9. The third kappa shape index (κ3) is 5.19. The van der Waals surface area contributed by atoms with Crippen molar-refractivity contribution in [1.82, 2.24) is 0 Å². The molecule has 0 amide bonds. The molecule has 1 fully saturated rings. The van der Waals surface area contributed by atoms with E-state index in [0.29, 0.717) is 11.7 Å². The van der Waals surface area contributed by atoms with Crippen LogP contribution < -0.4 is 5.73 Å². The van der Waals surface area contributed by atoms with Crippen LogP contribution in [0.5, 0.6) is 0 Å². The minimum Gasteiger partial charge on any atom is -0.395 e. The highest BCUT2D eigenvalue weighted by atomic mass is 32.2. The van der Waals surface area contributed by atoms with E-state index >= 15 is 0 Å². The monoisotopic (exact) mass is 253 g/mol. The Kier molecular flexibility index (Phi) is 4.89. The van der Waals surface area contributed by atoms with Gasteiger partial charge in [-0.3, -0.25) is 0 Å². The lowest BCUT2D eigenvalue weighted by Gasteiger charge is -2.20. The summed E-state index contributed by atoms with van der Waals surface area (Å²) in [5.41, 5.74) is 5.95. The largest absolute Gasteiger partial charge is 0.395 e. The van der Waals surface area contributed by atoms with E-state index in [0.717, 1.165) is 12.8 Å². The van der Waals surface area contributed by atoms with Crippen LogP contribution in [-0.4, -0.2) is 49.2 Å². The Morgan fingerprint density at radius 1 is 1.53 bits per heavy atom. The minimum absolute atomic E-state index is 0.0135. The second-order valence-corrected chi connectivity index (χ2v) is 7.74. The van der Waals surface area contributed by atoms with Crippen molar-refractivity contribution in [2.45, 2.75) is 24.1 Å². The van der Waals surface area contributed by atoms with E-state index in [1.54, 1.807) is 0 Å². The summed E-state index contributed by atoms with van der Waals surface area (Å²) in [4.78, 5) is 0. The molecule has 4 nitrogen and oxygen atoms in total. The van der Waals surface area contributed by atoms with Crippen LogP contribution in [0.2, 0.25) is 0 Å². The fourth-order valence-electron chi connectivity index (χ4n) is 1.42. The highest BCUT2D eigenvalue weighted by Crippen LogP contribution is 2.35. The normalized spacial score (nSPS) is 21.3. The molecule has 0 saturated heterocycles. The maximum Gasteiger partial charge on any atom is 0.148 e. The van der Waals surface area contributed by atoms with Gasteiger partial charge in [-0.25, -0.2) is 8.42 Å². The third-order valence-corrected chi connectivity index (χ3v) is 5.10. The first-order valence-electron chi connectivity index (χ1n) is 5.10. The molecule has 6 heteroatoms. The summed E-state index contributed by atoms with van der Waals surface area (Å²) in [5.74, 6) is 1.21. The van der Waals surface area contributed by atoms with E-state index in [9.17, 15) is 8.42 Å². The first kappa shape index (κ1) is 13.3. The van der Waals surface area contributed by atoms with Gasteiger partial charge in [0.2, 0.25) is 0 Å². The molecule has 90 valence electrons. The first-order valence-corrected chi connectivity index (χ1v) is 8.20. The van der Waals surface area contributed by atoms with Gasteiger partial charge in [-0.05, 0) is 18.8 Å². The van der Waals surface area contributed by atoms with E-state index in [2.05, 4.69) is 0 Å². The van der Waals surface area contributed by atoms with Gasteiger partial charge in [0.15, 0.2) is 0 Å². The van der Waals surface area contributed by atoms with Gasteiger partial charge in [0, 0.05) is 23.3 Å². The third-order valence-electron chi connectivity index (χ3n) is 2.56. The summed E-state index contributed by atoms with van der Waals surface area (Å²) in [6, 6.07) is 0.0135. The number of aliphatic hydroxyl groups excluding tert-OH is 1. The van der Waals surface area contributed by atoms with Crippen molar-refractivity contribution in [3.05, 3.63) is 0 Å². The van der Waals surface area contributed by atoms with Crippen molar-refractivity contribution in [3.8, 4) is 0 Å². The number of rotatable bonds is 7. The molecule has 2 atom stereocenters. The van der Waals surface area contributed by atoms with Gasteiger partial charge in [-0.2, -0.15) is 11.8 Å². The van der Waals surface area contributed by atoms with Crippen LogP contribution in [0, 0.1) is 5.92 Å². The van der Waals surface area contributed by atoms with Crippen LogP contribution in [0.3, 0.4) is 0 Å². The van der Waals surface area contributed by atoms with Gasteiger partial charge in [0.25, 0.3) is 0 Å². The van der Waals surface area contributed by atoms with Gasteiger partial charge in [0.1, 0.15) is 9.84 Å². The van der Waals surface area contributed by atoms with E-state index in [-0.39, 0.29) is 23.7 Å². The van der Waals surface area contributed by atoms with Crippen molar-refractivity contribution >= 4 is 21.6 Å². The Morgan fingerprint density at radius 2 is 2.13 bits per heavy atom. The van der Waals surface area contributed by atoms with E-state index in [4.69, 9.17) is 10.8 Å². The number of aliphatic hydroxyl groups is 1. The molecule has 0 radical (unpaired) electrons. The fourth-order valence-corrected chi connectivity index (χ4v) is 3.87. The minimum atomic E-state index is -2.90. The molecule has 1 aliphatic carbocycles. The molecule has 15 heavy (non-hydrogen) atoms. The van der Waals surface area contributed by atoms with Gasteiger partial charge < -0.3 is 10.8 Å². The Balaban J connectivity index is 2.27. The van der Waals surface area contributed by atoms with Crippen molar-refractivity contribution < 1.29 is 13.5 Å². The lowest BCUT2D eigenvalue weighted by Crippen LogP contribution is -2.37. The lowest BCUT2D eigenvalue weighted by molar-refractivity contribution is 0.277. The predicted molar refractivity (Wildman–Crippen MR) is 63.7 cm³/mol. The average Bonchev–Trinajstić information content (AvgIpc) is 2.92. The summed E-state index contributed by atoms with van der Waals surface area (Å²) in [6.07, 6.45) is 3.51. The average molecular weight is 253 g/mol. The Bertz CT molecular complexity index is 288. The highest BCUT2D eigenvalue weighted by Gasteiger charge is 2.33. The highest BCUT2D eigenvalue weighted by molar-refractivity contribution is 8.01. The molecule has 2 unspecified atom stereocenters. The Hall–Kier alpha value is 0.220. The topological polar surface area (TPSA) is 80.4 Å². The smallest absolute Gasteiger partial charge is 0.148 e. The second kappa shape index (κ2) is 5.52. The van der Waals surface area contributed by atoms with Gasteiger partial charge in [-0.1, -0.05) is 0 Å². The molecule has 0 aromatic rings. The van der Waals surface area contributed by atoms with Crippen LogP contribution in [-0.2, 0) is 9.84 Å². The molecule has 0 aromatic heterocycles. The molecule has 0 bridgehead atoms. The quantitative estimate of drug-likeness (QED) is 0.660. The van der Waals surface area contributed by atoms with Crippen molar-refractivity contribution in [1.29, 1.82) is 0 Å². The summed E-state index contributed by atoms with van der Waals surface area (Å²) < 4.78 is 21.8. The Labute approximate surface area is 95.5 Å². The van der Waals surface area contributed by atoms with Crippen LogP contribution in [0.1, 0.15) is 12.8 Å². The van der Waals surface area contributed by atoms with E-state index in [1.807, 2.05) is 0 Å².